The molecule has 2 aromatic rings. The molecule has 2 aliphatic heterocycles. The van der Waals surface area contributed by atoms with Crippen LogP contribution in [0.4, 0.5) is 11.6 Å². The summed E-state index contributed by atoms with van der Waals surface area (Å²) >= 11 is 0. The normalized spacial score (nSPS) is 17.8. The highest BCUT2D eigenvalue weighted by Gasteiger charge is 2.23. The summed E-state index contributed by atoms with van der Waals surface area (Å²) in [6.45, 7) is 5.02. The summed E-state index contributed by atoms with van der Waals surface area (Å²) in [5, 5.41) is 0. The summed E-state index contributed by atoms with van der Waals surface area (Å²) in [6, 6.07) is 1.88. The third kappa shape index (κ3) is 3.34. The molecule has 0 radical (unpaired) electrons. The third-order valence-electron chi connectivity index (χ3n) is 4.73. The molecule has 0 aliphatic carbocycles. The number of fused-ring (bicyclic) bond motifs is 1. The molecule has 8 nitrogen and oxygen atoms in total. The Morgan fingerprint density at radius 1 is 0.920 bits per heavy atom. The van der Waals surface area contributed by atoms with Gasteiger partial charge in [0.2, 0.25) is 5.88 Å². The van der Waals surface area contributed by atoms with Crippen LogP contribution in [0.3, 0.4) is 0 Å². The topological polar surface area (TPSA) is 76.5 Å². The first kappa shape index (κ1) is 16.0. The molecule has 2 aromatic heterocycles. The van der Waals surface area contributed by atoms with Crippen molar-refractivity contribution in [3.63, 3.8) is 0 Å². The number of aromatic nitrogens is 4. The van der Waals surface area contributed by atoms with Gasteiger partial charge >= 0.3 is 0 Å². The standard InChI is InChI=1S/C17H22N6O2/c1-24-16-10-15(19-12-20-16)22-4-2-13-14(3-5-22)18-11-21-17(13)23-6-8-25-9-7-23/h10-12H,2-9H2,1H3. The fourth-order valence-electron chi connectivity index (χ4n) is 3.40. The van der Waals surface area contributed by atoms with Gasteiger partial charge < -0.3 is 19.3 Å². The first-order valence-electron chi connectivity index (χ1n) is 8.61. The van der Waals surface area contributed by atoms with Gasteiger partial charge in [0.05, 0.1) is 26.0 Å². The van der Waals surface area contributed by atoms with Crippen molar-refractivity contribution in [2.45, 2.75) is 12.8 Å². The highest BCUT2D eigenvalue weighted by molar-refractivity contribution is 5.51. The van der Waals surface area contributed by atoms with Crippen molar-refractivity contribution in [3.8, 4) is 5.88 Å². The van der Waals surface area contributed by atoms with Gasteiger partial charge in [-0.3, -0.25) is 0 Å². The van der Waals surface area contributed by atoms with Crippen molar-refractivity contribution in [2.75, 3.05) is 56.3 Å². The van der Waals surface area contributed by atoms with Crippen molar-refractivity contribution in [1.29, 1.82) is 0 Å². The van der Waals surface area contributed by atoms with E-state index in [0.717, 1.165) is 69.6 Å². The Balaban J connectivity index is 1.57. The molecule has 4 rings (SSSR count). The van der Waals surface area contributed by atoms with Crippen LogP contribution in [0.2, 0.25) is 0 Å². The molecule has 0 spiro atoms. The quantitative estimate of drug-likeness (QED) is 0.807. The molecule has 25 heavy (non-hydrogen) atoms. The average molecular weight is 342 g/mol. The second kappa shape index (κ2) is 7.18. The van der Waals surface area contributed by atoms with E-state index in [2.05, 4.69) is 29.7 Å². The Hall–Kier alpha value is -2.48. The minimum atomic E-state index is 0.584. The van der Waals surface area contributed by atoms with Crippen molar-refractivity contribution >= 4 is 11.6 Å². The zero-order chi connectivity index (χ0) is 17.1. The van der Waals surface area contributed by atoms with Crippen molar-refractivity contribution in [1.82, 2.24) is 19.9 Å². The van der Waals surface area contributed by atoms with Crippen molar-refractivity contribution in [2.24, 2.45) is 0 Å². The predicted molar refractivity (Wildman–Crippen MR) is 93.3 cm³/mol. The largest absolute Gasteiger partial charge is 0.481 e. The first-order valence-corrected chi connectivity index (χ1v) is 8.61. The Morgan fingerprint density at radius 3 is 2.56 bits per heavy atom. The van der Waals surface area contributed by atoms with E-state index in [1.54, 1.807) is 19.8 Å². The molecule has 1 fully saturated rings. The molecule has 2 aliphatic rings. The van der Waals surface area contributed by atoms with Gasteiger partial charge in [-0.25, -0.2) is 19.9 Å². The van der Waals surface area contributed by atoms with Crippen molar-refractivity contribution < 1.29 is 9.47 Å². The Bertz CT molecular complexity index is 735. The molecule has 8 heteroatoms. The van der Waals surface area contributed by atoms with E-state index in [-0.39, 0.29) is 0 Å². The molecule has 0 aromatic carbocycles. The molecule has 4 heterocycles. The van der Waals surface area contributed by atoms with Gasteiger partial charge in [-0.05, 0) is 6.42 Å². The van der Waals surface area contributed by atoms with Crippen LogP contribution in [0.1, 0.15) is 11.3 Å². The number of rotatable bonds is 3. The third-order valence-corrected chi connectivity index (χ3v) is 4.73. The highest BCUT2D eigenvalue weighted by atomic mass is 16.5. The van der Waals surface area contributed by atoms with Crippen LogP contribution in [0, 0.1) is 0 Å². The molecule has 1 saturated heterocycles. The minimum Gasteiger partial charge on any atom is -0.481 e. The first-order chi connectivity index (χ1) is 12.3. The zero-order valence-corrected chi connectivity index (χ0v) is 14.4. The molecule has 0 amide bonds. The van der Waals surface area contributed by atoms with Crippen LogP contribution in [-0.2, 0) is 17.6 Å². The van der Waals surface area contributed by atoms with Gasteiger partial charge in [0.15, 0.2) is 0 Å². The Labute approximate surface area is 146 Å². The van der Waals surface area contributed by atoms with Gasteiger partial charge in [-0.15, -0.1) is 0 Å². The van der Waals surface area contributed by atoms with Crippen LogP contribution < -0.4 is 14.5 Å². The summed E-state index contributed by atoms with van der Waals surface area (Å²) in [7, 11) is 1.62. The molecular formula is C17H22N6O2. The number of hydrogen-bond acceptors (Lipinski definition) is 8. The number of ether oxygens (including phenoxy) is 2. The summed E-state index contributed by atoms with van der Waals surface area (Å²) in [6.07, 6.45) is 5.01. The van der Waals surface area contributed by atoms with Crippen LogP contribution in [0.25, 0.3) is 0 Å². The van der Waals surface area contributed by atoms with E-state index in [4.69, 9.17) is 9.47 Å². The van der Waals surface area contributed by atoms with Crippen LogP contribution in [-0.4, -0.2) is 66.4 Å². The van der Waals surface area contributed by atoms with Gasteiger partial charge in [-0.2, -0.15) is 0 Å². The number of hydrogen-bond donors (Lipinski definition) is 0. The lowest BCUT2D eigenvalue weighted by Gasteiger charge is -2.29. The lowest BCUT2D eigenvalue weighted by Crippen LogP contribution is -2.37. The van der Waals surface area contributed by atoms with E-state index in [1.165, 1.54) is 5.56 Å². The minimum absolute atomic E-state index is 0.584. The molecule has 0 atom stereocenters. The number of methoxy groups -OCH3 is 1. The maximum Gasteiger partial charge on any atom is 0.218 e. The fourth-order valence-corrected chi connectivity index (χ4v) is 3.40. The van der Waals surface area contributed by atoms with Gasteiger partial charge in [-0.1, -0.05) is 0 Å². The second-order valence-electron chi connectivity index (χ2n) is 6.13. The smallest absolute Gasteiger partial charge is 0.218 e. The zero-order valence-electron chi connectivity index (χ0n) is 14.4. The van der Waals surface area contributed by atoms with E-state index < -0.39 is 0 Å². The fraction of sp³-hybridized carbons (Fsp3) is 0.529. The van der Waals surface area contributed by atoms with Crippen molar-refractivity contribution in [3.05, 3.63) is 30.0 Å². The van der Waals surface area contributed by atoms with Gasteiger partial charge in [0.1, 0.15) is 24.3 Å². The molecule has 0 N–H and O–H groups in total. The molecule has 132 valence electrons. The average Bonchev–Trinajstić information content (AvgIpc) is 2.91. The van der Waals surface area contributed by atoms with E-state index in [1.807, 2.05) is 6.07 Å². The van der Waals surface area contributed by atoms with E-state index in [9.17, 15) is 0 Å². The lowest BCUT2D eigenvalue weighted by atomic mass is 10.1. The summed E-state index contributed by atoms with van der Waals surface area (Å²) in [5.74, 6) is 2.54. The molecular weight excluding hydrogens is 320 g/mol. The number of anilines is 2. The monoisotopic (exact) mass is 342 g/mol. The van der Waals surface area contributed by atoms with Crippen LogP contribution >= 0.6 is 0 Å². The Morgan fingerprint density at radius 2 is 1.72 bits per heavy atom. The molecule has 0 saturated carbocycles. The summed E-state index contributed by atoms with van der Waals surface area (Å²) in [4.78, 5) is 22.2. The van der Waals surface area contributed by atoms with Gasteiger partial charge in [0.25, 0.3) is 0 Å². The van der Waals surface area contributed by atoms with E-state index >= 15 is 0 Å². The second-order valence-corrected chi connectivity index (χ2v) is 6.13. The van der Waals surface area contributed by atoms with Gasteiger partial charge in [0, 0.05) is 44.2 Å². The predicted octanol–water partition coefficient (Wildman–Crippen LogP) is 0.717. The number of morpholine rings is 1. The Kier molecular flexibility index (Phi) is 4.60. The van der Waals surface area contributed by atoms with E-state index in [0.29, 0.717) is 5.88 Å². The maximum atomic E-state index is 5.47. The summed E-state index contributed by atoms with van der Waals surface area (Å²) in [5.41, 5.74) is 2.40. The lowest BCUT2D eigenvalue weighted by molar-refractivity contribution is 0.122. The SMILES string of the molecule is COc1cc(N2CCc3ncnc(N4CCOCC4)c3CC2)ncn1. The van der Waals surface area contributed by atoms with Crippen LogP contribution in [0.15, 0.2) is 18.7 Å². The summed E-state index contributed by atoms with van der Waals surface area (Å²) < 4.78 is 10.7. The highest BCUT2D eigenvalue weighted by Crippen LogP contribution is 2.26. The van der Waals surface area contributed by atoms with Crippen LogP contribution in [0.5, 0.6) is 5.88 Å². The molecule has 0 bridgehead atoms. The number of nitrogens with zero attached hydrogens (tertiary/aromatic N) is 6. The maximum absolute atomic E-state index is 5.47. The molecule has 0 unspecified atom stereocenters.